The Balaban J connectivity index is 2.08. The molecular weight excluding hydrogens is 250 g/mol. The van der Waals surface area contributed by atoms with Crippen molar-refractivity contribution in [2.45, 2.75) is 26.4 Å². The van der Waals surface area contributed by atoms with Crippen LogP contribution in [0.1, 0.15) is 19.5 Å². The molecule has 0 bridgehead atoms. The fraction of sp³-hybridized carbons (Fsp3) is 0.462. The summed E-state index contributed by atoms with van der Waals surface area (Å²) in [5.74, 6) is 0.390. The standard InChI is InChI=1S/C13H18ClN3O/c1-9(2)12(8-18)15-5-11-7-17-6-10(14)3-4-13(17)16-11/h3-4,6-7,9,12,15,18H,5,8H2,1-2H3/t12-/m1/s1. The zero-order valence-electron chi connectivity index (χ0n) is 10.6. The van der Waals surface area contributed by atoms with Gasteiger partial charge in [0.2, 0.25) is 0 Å². The molecule has 0 aliphatic heterocycles. The zero-order chi connectivity index (χ0) is 13.1. The average molecular weight is 268 g/mol. The minimum atomic E-state index is 0.0957. The molecule has 2 N–H and O–H groups in total. The van der Waals surface area contributed by atoms with Crippen molar-refractivity contribution in [2.24, 2.45) is 5.92 Å². The largest absolute Gasteiger partial charge is 0.395 e. The van der Waals surface area contributed by atoms with Crippen LogP contribution < -0.4 is 5.32 Å². The van der Waals surface area contributed by atoms with Crippen molar-refractivity contribution in [2.75, 3.05) is 6.61 Å². The Morgan fingerprint density at radius 1 is 1.39 bits per heavy atom. The molecule has 2 aromatic rings. The number of aliphatic hydroxyl groups excluding tert-OH is 1. The van der Waals surface area contributed by atoms with Crippen LogP contribution in [0.5, 0.6) is 0 Å². The molecule has 1 atom stereocenters. The number of pyridine rings is 1. The van der Waals surface area contributed by atoms with E-state index in [0.29, 0.717) is 17.5 Å². The van der Waals surface area contributed by atoms with E-state index >= 15 is 0 Å². The molecule has 0 radical (unpaired) electrons. The van der Waals surface area contributed by atoms with Gasteiger partial charge in [-0.2, -0.15) is 0 Å². The van der Waals surface area contributed by atoms with Crippen LogP contribution in [0.2, 0.25) is 5.02 Å². The molecule has 0 fully saturated rings. The van der Waals surface area contributed by atoms with E-state index in [1.807, 2.05) is 28.9 Å². The van der Waals surface area contributed by atoms with Crippen molar-refractivity contribution in [3.63, 3.8) is 0 Å². The maximum atomic E-state index is 9.25. The summed E-state index contributed by atoms with van der Waals surface area (Å²) in [6.07, 6.45) is 3.78. The number of fused-ring (bicyclic) bond motifs is 1. The van der Waals surface area contributed by atoms with Crippen LogP contribution >= 0.6 is 11.6 Å². The van der Waals surface area contributed by atoms with Gasteiger partial charge in [-0.05, 0) is 18.1 Å². The molecular formula is C13H18ClN3O. The lowest BCUT2D eigenvalue weighted by atomic mass is 10.1. The van der Waals surface area contributed by atoms with Crippen LogP contribution in [0.15, 0.2) is 24.5 Å². The Labute approximate surface area is 112 Å². The Bertz CT molecular complexity index is 524. The molecule has 0 aliphatic carbocycles. The quantitative estimate of drug-likeness (QED) is 0.872. The van der Waals surface area contributed by atoms with E-state index in [-0.39, 0.29) is 12.6 Å². The second-order valence-electron chi connectivity index (χ2n) is 4.76. The number of aliphatic hydroxyl groups is 1. The van der Waals surface area contributed by atoms with Gasteiger partial charge in [0.05, 0.1) is 17.3 Å². The van der Waals surface area contributed by atoms with Gasteiger partial charge < -0.3 is 14.8 Å². The van der Waals surface area contributed by atoms with E-state index < -0.39 is 0 Å². The van der Waals surface area contributed by atoms with E-state index in [0.717, 1.165) is 11.3 Å². The van der Waals surface area contributed by atoms with Gasteiger partial charge in [-0.15, -0.1) is 0 Å². The SMILES string of the molecule is CC(C)[C@@H](CO)NCc1cn2cc(Cl)ccc2n1. The van der Waals surface area contributed by atoms with Crippen molar-refractivity contribution in [3.8, 4) is 0 Å². The Kier molecular flexibility index (Phi) is 4.22. The molecule has 18 heavy (non-hydrogen) atoms. The van der Waals surface area contributed by atoms with Crippen molar-refractivity contribution in [1.82, 2.24) is 14.7 Å². The third kappa shape index (κ3) is 3.02. The van der Waals surface area contributed by atoms with Crippen LogP contribution in [0, 0.1) is 5.92 Å². The van der Waals surface area contributed by atoms with Crippen LogP contribution in [0.4, 0.5) is 0 Å². The molecule has 0 amide bonds. The summed E-state index contributed by atoms with van der Waals surface area (Å²) in [6, 6.07) is 3.81. The van der Waals surface area contributed by atoms with Gasteiger partial charge in [-0.3, -0.25) is 0 Å². The van der Waals surface area contributed by atoms with Gasteiger partial charge >= 0.3 is 0 Å². The average Bonchev–Trinajstić information content (AvgIpc) is 2.71. The number of hydrogen-bond acceptors (Lipinski definition) is 3. The fourth-order valence-corrected chi connectivity index (χ4v) is 2.02. The second-order valence-corrected chi connectivity index (χ2v) is 5.20. The molecule has 0 spiro atoms. The summed E-state index contributed by atoms with van der Waals surface area (Å²) >= 11 is 5.92. The third-order valence-electron chi connectivity index (χ3n) is 3.01. The molecule has 5 heteroatoms. The van der Waals surface area contributed by atoms with Gasteiger partial charge in [0.1, 0.15) is 5.65 Å². The number of imidazole rings is 1. The molecule has 2 rings (SSSR count). The number of halogens is 1. The highest BCUT2D eigenvalue weighted by molar-refractivity contribution is 6.30. The van der Waals surface area contributed by atoms with Crippen LogP contribution in [-0.4, -0.2) is 27.1 Å². The minimum absolute atomic E-state index is 0.0957. The first-order valence-corrected chi connectivity index (χ1v) is 6.45. The number of aromatic nitrogens is 2. The lowest BCUT2D eigenvalue weighted by Crippen LogP contribution is -2.36. The van der Waals surface area contributed by atoms with E-state index in [1.54, 1.807) is 0 Å². The molecule has 4 nitrogen and oxygen atoms in total. The topological polar surface area (TPSA) is 49.6 Å². The van der Waals surface area contributed by atoms with E-state index in [2.05, 4.69) is 24.1 Å². The van der Waals surface area contributed by atoms with E-state index in [9.17, 15) is 5.11 Å². The number of nitrogens with zero attached hydrogens (tertiary/aromatic N) is 2. The number of hydrogen-bond donors (Lipinski definition) is 2. The van der Waals surface area contributed by atoms with Crippen molar-refractivity contribution >= 4 is 17.2 Å². The highest BCUT2D eigenvalue weighted by Crippen LogP contribution is 2.12. The first-order chi connectivity index (χ1) is 8.60. The molecule has 2 heterocycles. The van der Waals surface area contributed by atoms with Crippen molar-refractivity contribution < 1.29 is 5.11 Å². The molecule has 0 aromatic carbocycles. The van der Waals surface area contributed by atoms with Gasteiger partial charge in [0.25, 0.3) is 0 Å². The van der Waals surface area contributed by atoms with Gasteiger partial charge in [0, 0.05) is 25.0 Å². The summed E-state index contributed by atoms with van der Waals surface area (Å²) in [4.78, 5) is 4.48. The zero-order valence-corrected chi connectivity index (χ0v) is 11.4. The summed E-state index contributed by atoms with van der Waals surface area (Å²) in [7, 11) is 0. The van der Waals surface area contributed by atoms with E-state index in [4.69, 9.17) is 11.6 Å². The highest BCUT2D eigenvalue weighted by atomic mass is 35.5. The minimum Gasteiger partial charge on any atom is -0.395 e. The molecule has 98 valence electrons. The maximum Gasteiger partial charge on any atom is 0.137 e. The normalized spacial score (nSPS) is 13.4. The molecule has 0 saturated heterocycles. The van der Waals surface area contributed by atoms with Gasteiger partial charge in [-0.1, -0.05) is 25.4 Å². The first-order valence-electron chi connectivity index (χ1n) is 6.07. The van der Waals surface area contributed by atoms with Crippen LogP contribution in [0.25, 0.3) is 5.65 Å². The van der Waals surface area contributed by atoms with Crippen molar-refractivity contribution in [3.05, 3.63) is 35.2 Å². The lowest BCUT2D eigenvalue weighted by Gasteiger charge is -2.19. The Hall–Kier alpha value is -1.10. The first kappa shape index (κ1) is 13.3. The lowest BCUT2D eigenvalue weighted by molar-refractivity contribution is 0.210. The summed E-state index contributed by atoms with van der Waals surface area (Å²) in [6.45, 7) is 4.94. The summed E-state index contributed by atoms with van der Waals surface area (Å²) < 4.78 is 1.91. The van der Waals surface area contributed by atoms with Gasteiger partial charge in [-0.25, -0.2) is 4.98 Å². The summed E-state index contributed by atoms with van der Waals surface area (Å²) in [5.41, 5.74) is 1.82. The summed E-state index contributed by atoms with van der Waals surface area (Å²) in [5, 5.41) is 13.2. The highest BCUT2D eigenvalue weighted by Gasteiger charge is 2.12. The van der Waals surface area contributed by atoms with E-state index in [1.165, 1.54) is 0 Å². The second kappa shape index (κ2) is 5.69. The fourth-order valence-electron chi connectivity index (χ4n) is 1.85. The smallest absolute Gasteiger partial charge is 0.137 e. The Morgan fingerprint density at radius 3 is 2.83 bits per heavy atom. The van der Waals surface area contributed by atoms with Crippen LogP contribution in [0.3, 0.4) is 0 Å². The number of rotatable bonds is 5. The van der Waals surface area contributed by atoms with Gasteiger partial charge in [0.15, 0.2) is 0 Å². The monoisotopic (exact) mass is 267 g/mol. The molecule has 2 aromatic heterocycles. The predicted octanol–water partition coefficient (Wildman–Crippen LogP) is 2.09. The maximum absolute atomic E-state index is 9.25. The molecule has 0 aliphatic rings. The third-order valence-corrected chi connectivity index (χ3v) is 3.24. The Morgan fingerprint density at radius 2 is 2.17 bits per heavy atom. The van der Waals surface area contributed by atoms with Crippen molar-refractivity contribution in [1.29, 1.82) is 0 Å². The number of nitrogens with one attached hydrogen (secondary N) is 1. The molecule has 0 unspecified atom stereocenters. The predicted molar refractivity (Wildman–Crippen MR) is 72.8 cm³/mol. The van der Waals surface area contributed by atoms with Crippen LogP contribution in [-0.2, 0) is 6.54 Å². The molecule has 0 saturated carbocycles.